The Morgan fingerprint density at radius 2 is 1.50 bits per heavy atom. The average molecular weight is 274 g/mol. The summed E-state index contributed by atoms with van der Waals surface area (Å²) in [4.78, 5) is 20.7. The highest BCUT2D eigenvalue weighted by Gasteiger charge is 2.47. The molecule has 8 heteroatoms. The number of hydrogen-bond donors (Lipinski definition) is 2. The molecule has 4 atom stereocenters. The van der Waals surface area contributed by atoms with Crippen molar-refractivity contribution in [1.82, 2.24) is 0 Å². The molecule has 2 N–H and O–H groups in total. The van der Waals surface area contributed by atoms with E-state index < -0.39 is 48.5 Å². The lowest BCUT2D eigenvalue weighted by Crippen LogP contribution is -2.46. The van der Waals surface area contributed by atoms with Crippen LogP contribution in [0, 0.1) is 5.41 Å². The molecule has 0 radical (unpaired) electrons. The van der Waals surface area contributed by atoms with Gasteiger partial charge in [0.1, 0.15) is 12.3 Å². The van der Waals surface area contributed by atoms with Crippen LogP contribution in [0.4, 0.5) is 17.6 Å². The van der Waals surface area contributed by atoms with Crippen LogP contribution in [-0.2, 0) is 9.59 Å². The SMILES string of the molecule is CC(C)(C(=O)O)C(F)C(F)C(F)C(F)CC(=O)O. The number of halogens is 4. The largest absolute Gasteiger partial charge is 0.481 e. The van der Waals surface area contributed by atoms with E-state index >= 15 is 0 Å². The number of aliphatic carboxylic acids is 2. The third-order valence-corrected chi connectivity index (χ3v) is 2.54. The van der Waals surface area contributed by atoms with Gasteiger partial charge in [0.2, 0.25) is 0 Å². The molecule has 18 heavy (non-hydrogen) atoms. The summed E-state index contributed by atoms with van der Waals surface area (Å²) in [6.45, 7) is 1.65. The minimum absolute atomic E-state index is 0.823. The minimum atomic E-state index is -3.05. The zero-order valence-electron chi connectivity index (χ0n) is 9.74. The van der Waals surface area contributed by atoms with Gasteiger partial charge in [0.15, 0.2) is 12.3 Å². The Hall–Kier alpha value is -1.34. The lowest BCUT2D eigenvalue weighted by atomic mass is 9.83. The van der Waals surface area contributed by atoms with Crippen LogP contribution in [0.5, 0.6) is 0 Å². The van der Waals surface area contributed by atoms with Crippen molar-refractivity contribution in [2.24, 2.45) is 5.41 Å². The van der Waals surface area contributed by atoms with Gasteiger partial charge < -0.3 is 10.2 Å². The van der Waals surface area contributed by atoms with E-state index in [0.717, 1.165) is 13.8 Å². The topological polar surface area (TPSA) is 74.6 Å². The average Bonchev–Trinajstić information content (AvgIpc) is 2.24. The van der Waals surface area contributed by atoms with Crippen molar-refractivity contribution in [3.63, 3.8) is 0 Å². The predicted molar refractivity (Wildman–Crippen MR) is 53.3 cm³/mol. The van der Waals surface area contributed by atoms with Crippen molar-refractivity contribution in [3.05, 3.63) is 0 Å². The Morgan fingerprint density at radius 3 is 1.83 bits per heavy atom. The molecule has 0 saturated carbocycles. The number of rotatable bonds is 7. The van der Waals surface area contributed by atoms with Gasteiger partial charge in [-0.2, -0.15) is 0 Å². The lowest BCUT2D eigenvalue weighted by molar-refractivity contribution is -0.154. The maximum atomic E-state index is 13.5. The van der Waals surface area contributed by atoms with Gasteiger partial charge in [-0.1, -0.05) is 0 Å². The fraction of sp³-hybridized carbons (Fsp3) is 0.800. The first-order valence-corrected chi connectivity index (χ1v) is 5.03. The molecule has 4 nitrogen and oxygen atoms in total. The summed E-state index contributed by atoms with van der Waals surface area (Å²) in [6, 6.07) is 0. The van der Waals surface area contributed by atoms with Crippen LogP contribution in [0.15, 0.2) is 0 Å². The molecular weight excluding hydrogens is 260 g/mol. The second-order valence-corrected chi connectivity index (χ2v) is 4.43. The molecule has 0 heterocycles. The highest BCUT2D eigenvalue weighted by atomic mass is 19.2. The van der Waals surface area contributed by atoms with Crippen molar-refractivity contribution >= 4 is 11.9 Å². The van der Waals surface area contributed by atoms with Gasteiger partial charge in [0.05, 0.1) is 11.8 Å². The van der Waals surface area contributed by atoms with Crippen LogP contribution in [-0.4, -0.2) is 46.8 Å². The first-order valence-electron chi connectivity index (χ1n) is 5.03. The second kappa shape index (κ2) is 6.01. The Bertz CT molecular complexity index is 321. The van der Waals surface area contributed by atoms with Gasteiger partial charge >= 0.3 is 11.9 Å². The van der Waals surface area contributed by atoms with Crippen molar-refractivity contribution in [3.8, 4) is 0 Å². The van der Waals surface area contributed by atoms with Gasteiger partial charge in [0.25, 0.3) is 0 Å². The van der Waals surface area contributed by atoms with Crippen LogP contribution in [0.2, 0.25) is 0 Å². The van der Waals surface area contributed by atoms with Crippen molar-refractivity contribution < 1.29 is 37.4 Å². The molecule has 0 aliphatic heterocycles. The summed E-state index contributed by atoms with van der Waals surface area (Å²) in [5.74, 6) is -3.41. The molecule has 0 aromatic carbocycles. The number of alkyl halides is 4. The Labute approximate surface area is 101 Å². The normalized spacial score (nSPS) is 18.8. The van der Waals surface area contributed by atoms with Gasteiger partial charge in [-0.25, -0.2) is 17.6 Å². The van der Waals surface area contributed by atoms with Crippen LogP contribution < -0.4 is 0 Å². The summed E-state index contributed by atoms with van der Waals surface area (Å²) >= 11 is 0. The molecule has 0 rings (SSSR count). The molecule has 0 fully saturated rings. The number of hydrogen-bond acceptors (Lipinski definition) is 2. The third-order valence-electron chi connectivity index (χ3n) is 2.54. The highest BCUT2D eigenvalue weighted by molar-refractivity contribution is 5.74. The summed E-state index contributed by atoms with van der Waals surface area (Å²) in [6.07, 6.45) is -12.9. The molecule has 106 valence electrons. The maximum absolute atomic E-state index is 13.5. The van der Waals surface area contributed by atoms with Crippen LogP contribution in [0.3, 0.4) is 0 Å². The minimum Gasteiger partial charge on any atom is -0.481 e. The maximum Gasteiger partial charge on any atom is 0.312 e. The van der Waals surface area contributed by atoms with E-state index in [9.17, 15) is 27.2 Å². The Morgan fingerprint density at radius 1 is 1.06 bits per heavy atom. The smallest absolute Gasteiger partial charge is 0.312 e. The van der Waals surface area contributed by atoms with Crippen molar-refractivity contribution in [2.45, 2.75) is 45.0 Å². The standard InChI is InChI=1S/C10H14F4O4/c1-10(2,9(17)18)8(14)7(13)6(12)4(11)3-5(15)16/h4,6-8H,3H2,1-2H3,(H,15,16)(H,17,18). The Balaban J connectivity index is 4.78. The highest BCUT2D eigenvalue weighted by Crippen LogP contribution is 2.32. The molecule has 0 aromatic rings. The predicted octanol–water partition coefficient (Wildman–Crippen LogP) is 1.92. The van der Waals surface area contributed by atoms with E-state index in [1.807, 2.05) is 0 Å². The monoisotopic (exact) mass is 274 g/mol. The first kappa shape index (κ1) is 16.7. The number of carboxylic acids is 2. The molecule has 0 saturated heterocycles. The molecule has 0 aliphatic carbocycles. The van der Waals surface area contributed by atoms with E-state index in [1.165, 1.54) is 0 Å². The molecular formula is C10H14F4O4. The molecule has 0 aliphatic rings. The van der Waals surface area contributed by atoms with Crippen molar-refractivity contribution in [2.75, 3.05) is 0 Å². The van der Waals surface area contributed by atoms with Gasteiger partial charge in [-0.3, -0.25) is 9.59 Å². The Kier molecular flexibility index (Phi) is 5.56. The zero-order valence-corrected chi connectivity index (χ0v) is 9.74. The van der Waals surface area contributed by atoms with Crippen LogP contribution >= 0.6 is 0 Å². The van der Waals surface area contributed by atoms with Gasteiger partial charge in [0, 0.05) is 0 Å². The summed E-state index contributed by atoms with van der Waals surface area (Å²) in [5, 5.41) is 16.8. The van der Waals surface area contributed by atoms with E-state index in [4.69, 9.17) is 10.2 Å². The first-order chi connectivity index (χ1) is 8.01. The molecule has 0 spiro atoms. The molecule has 0 aromatic heterocycles. The second-order valence-electron chi connectivity index (χ2n) is 4.43. The van der Waals surface area contributed by atoms with Crippen LogP contribution in [0.1, 0.15) is 20.3 Å². The third kappa shape index (κ3) is 3.85. The molecule has 4 unspecified atom stereocenters. The van der Waals surface area contributed by atoms with Crippen molar-refractivity contribution in [1.29, 1.82) is 0 Å². The quantitative estimate of drug-likeness (QED) is 0.695. The van der Waals surface area contributed by atoms with E-state index in [1.54, 1.807) is 0 Å². The molecule has 0 bridgehead atoms. The van der Waals surface area contributed by atoms with Crippen LogP contribution in [0.25, 0.3) is 0 Å². The number of carbonyl (C=O) groups is 2. The van der Waals surface area contributed by atoms with Gasteiger partial charge in [-0.15, -0.1) is 0 Å². The number of carboxylic acid groups (broad SMARTS) is 2. The molecule has 0 amide bonds. The zero-order chi connectivity index (χ0) is 14.7. The van der Waals surface area contributed by atoms with E-state index in [2.05, 4.69) is 0 Å². The lowest BCUT2D eigenvalue weighted by Gasteiger charge is -2.28. The van der Waals surface area contributed by atoms with E-state index in [0.29, 0.717) is 0 Å². The van der Waals surface area contributed by atoms with E-state index in [-0.39, 0.29) is 0 Å². The summed E-state index contributed by atoms with van der Waals surface area (Å²) in [7, 11) is 0. The fourth-order valence-corrected chi connectivity index (χ4v) is 1.16. The summed E-state index contributed by atoms with van der Waals surface area (Å²) in [5.41, 5.74) is -2.24. The van der Waals surface area contributed by atoms with Gasteiger partial charge in [-0.05, 0) is 13.8 Å². The fourth-order valence-electron chi connectivity index (χ4n) is 1.16. The summed E-state index contributed by atoms with van der Waals surface area (Å²) < 4.78 is 52.8.